The first-order valence-electron chi connectivity index (χ1n) is 6.80. The van der Waals surface area contributed by atoms with E-state index in [2.05, 4.69) is 47.6 Å². The Morgan fingerprint density at radius 1 is 0.895 bits per heavy atom. The Balaban J connectivity index is 2.85. The second-order valence-corrected chi connectivity index (χ2v) is 7.33. The Labute approximate surface area is 116 Å². The summed E-state index contributed by atoms with van der Waals surface area (Å²) in [7, 11) is 0. The van der Waals surface area contributed by atoms with Crippen molar-refractivity contribution in [3.8, 4) is 0 Å². The standard InChI is InChI=1S/C17H24N2/c1-16(2,3)13-10-15(17(4,5)6)19-14-8-7-11(18)9-12(13)14/h7-10H,18H2,1-6H3. The van der Waals surface area contributed by atoms with E-state index in [0.29, 0.717) is 0 Å². The lowest BCUT2D eigenvalue weighted by atomic mass is 9.81. The number of anilines is 1. The predicted molar refractivity (Wildman–Crippen MR) is 83.6 cm³/mol. The Morgan fingerprint density at radius 3 is 2.05 bits per heavy atom. The van der Waals surface area contributed by atoms with Crippen LogP contribution in [0.4, 0.5) is 5.69 Å². The third kappa shape index (κ3) is 2.73. The van der Waals surface area contributed by atoms with Gasteiger partial charge in [-0.3, -0.25) is 4.98 Å². The first-order valence-corrected chi connectivity index (χ1v) is 6.80. The van der Waals surface area contributed by atoms with Gasteiger partial charge in [0, 0.05) is 22.2 Å². The fourth-order valence-electron chi connectivity index (χ4n) is 2.25. The number of benzene rings is 1. The summed E-state index contributed by atoms with van der Waals surface area (Å²) in [6.45, 7) is 13.3. The molecule has 2 N–H and O–H groups in total. The molecule has 0 atom stereocenters. The van der Waals surface area contributed by atoms with Crippen molar-refractivity contribution in [1.29, 1.82) is 0 Å². The molecule has 2 heteroatoms. The molecule has 2 rings (SSSR count). The summed E-state index contributed by atoms with van der Waals surface area (Å²) in [4.78, 5) is 4.81. The van der Waals surface area contributed by atoms with Crippen molar-refractivity contribution in [3.63, 3.8) is 0 Å². The van der Waals surface area contributed by atoms with Gasteiger partial charge < -0.3 is 5.73 Å². The number of nitrogens with two attached hydrogens (primary N) is 1. The van der Waals surface area contributed by atoms with E-state index >= 15 is 0 Å². The minimum atomic E-state index is 0.0512. The first kappa shape index (κ1) is 13.9. The molecule has 2 nitrogen and oxygen atoms in total. The van der Waals surface area contributed by atoms with Gasteiger partial charge in [0.1, 0.15) is 0 Å². The lowest BCUT2D eigenvalue weighted by molar-refractivity contribution is 0.558. The van der Waals surface area contributed by atoms with Crippen molar-refractivity contribution in [2.24, 2.45) is 0 Å². The number of aromatic nitrogens is 1. The van der Waals surface area contributed by atoms with Gasteiger partial charge in [-0.05, 0) is 35.2 Å². The van der Waals surface area contributed by atoms with Gasteiger partial charge in [0.15, 0.2) is 0 Å². The molecule has 1 heterocycles. The Morgan fingerprint density at radius 2 is 1.53 bits per heavy atom. The van der Waals surface area contributed by atoms with Crippen LogP contribution in [0, 0.1) is 0 Å². The molecule has 0 fully saturated rings. The smallest absolute Gasteiger partial charge is 0.0710 e. The Kier molecular flexibility index (Phi) is 3.08. The summed E-state index contributed by atoms with van der Waals surface area (Å²) in [6.07, 6.45) is 0. The summed E-state index contributed by atoms with van der Waals surface area (Å²) < 4.78 is 0. The van der Waals surface area contributed by atoms with Gasteiger partial charge in [0.05, 0.1) is 5.52 Å². The molecule has 1 aromatic heterocycles. The normalized spacial score (nSPS) is 12.9. The maximum atomic E-state index is 5.93. The Hall–Kier alpha value is -1.57. The minimum absolute atomic E-state index is 0.0512. The fourth-order valence-corrected chi connectivity index (χ4v) is 2.25. The second kappa shape index (κ2) is 4.22. The third-order valence-corrected chi connectivity index (χ3v) is 3.41. The lowest BCUT2D eigenvalue weighted by Gasteiger charge is -2.26. The highest BCUT2D eigenvalue weighted by molar-refractivity contribution is 5.86. The van der Waals surface area contributed by atoms with Crippen LogP contribution in [0.15, 0.2) is 24.3 Å². The van der Waals surface area contributed by atoms with Crippen LogP contribution in [-0.4, -0.2) is 4.98 Å². The summed E-state index contributed by atoms with van der Waals surface area (Å²) in [5.74, 6) is 0. The predicted octanol–water partition coefficient (Wildman–Crippen LogP) is 4.41. The summed E-state index contributed by atoms with van der Waals surface area (Å²) >= 11 is 0. The number of nitrogen functional groups attached to an aromatic ring is 1. The van der Waals surface area contributed by atoms with Crippen molar-refractivity contribution in [1.82, 2.24) is 4.98 Å². The minimum Gasteiger partial charge on any atom is -0.399 e. The van der Waals surface area contributed by atoms with Crippen LogP contribution < -0.4 is 5.73 Å². The maximum Gasteiger partial charge on any atom is 0.0710 e. The summed E-state index contributed by atoms with van der Waals surface area (Å²) in [5.41, 5.74) is 10.3. The zero-order chi connectivity index (χ0) is 14.4. The van der Waals surface area contributed by atoms with Crippen molar-refractivity contribution in [2.75, 3.05) is 5.73 Å². The highest BCUT2D eigenvalue weighted by atomic mass is 14.7. The highest BCUT2D eigenvalue weighted by Gasteiger charge is 2.23. The van der Waals surface area contributed by atoms with Gasteiger partial charge >= 0.3 is 0 Å². The number of fused-ring (bicyclic) bond motifs is 1. The van der Waals surface area contributed by atoms with Gasteiger partial charge in [-0.1, -0.05) is 41.5 Å². The van der Waals surface area contributed by atoms with Crippen LogP contribution >= 0.6 is 0 Å². The molecule has 0 spiro atoms. The van der Waals surface area contributed by atoms with Crippen LogP contribution in [0.1, 0.15) is 52.8 Å². The van der Waals surface area contributed by atoms with Gasteiger partial charge in [-0.2, -0.15) is 0 Å². The quantitative estimate of drug-likeness (QED) is 0.709. The number of rotatable bonds is 0. The molecule has 0 saturated heterocycles. The van der Waals surface area contributed by atoms with Gasteiger partial charge in [0.2, 0.25) is 0 Å². The lowest BCUT2D eigenvalue weighted by Crippen LogP contribution is -2.18. The summed E-state index contributed by atoms with van der Waals surface area (Å²) in [6, 6.07) is 8.22. The Bertz CT molecular complexity index is 613. The van der Waals surface area contributed by atoms with E-state index in [4.69, 9.17) is 10.7 Å². The molecule has 0 aliphatic rings. The molecule has 0 bridgehead atoms. The molecule has 1 aromatic carbocycles. The van der Waals surface area contributed by atoms with Crippen LogP contribution in [-0.2, 0) is 10.8 Å². The number of hydrogen-bond donors (Lipinski definition) is 1. The largest absolute Gasteiger partial charge is 0.399 e. The highest BCUT2D eigenvalue weighted by Crippen LogP contribution is 2.34. The van der Waals surface area contributed by atoms with Crippen LogP contribution in [0.2, 0.25) is 0 Å². The molecule has 0 unspecified atom stereocenters. The number of pyridine rings is 1. The van der Waals surface area contributed by atoms with E-state index in [9.17, 15) is 0 Å². The molecule has 0 aliphatic carbocycles. The molecule has 102 valence electrons. The topological polar surface area (TPSA) is 38.9 Å². The fraction of sp³-hybridized carbons (Fsp3) is 0.471. The summed E-state index contributed by atoms with van der Waals surface area (Å²) in [5, 5.41) is 1.17. The second-order valence-electron chi connectivity index (χ2n) is 7.33. The van der Waals surface area contributed by atoms with Crippen molar-refractivity contribution < 1.29 is 0 Å². The molecular formula is C17H24N2. The molecule has 19 heavy (non-hydrogen) atoms. The number of hydrogen-bond acceptors (Lipinski definition) is 2. The van der Waals surface area contributed by atoms with Crippen LogP contribution in [0.25, 0.3) is 10.9 Å². The van der Waals surface area contributed by atoms with E-state index in [1.807, 2.05) is 18.2 Å². The van der Waals surface area contributed by atoms with E-state index < -0.39 is 0 Å². The van der Waals surface area contributed by atoms with E-state index in [1.165, 1.54) is 10.9 Å². The SMILES string of the molecule is CC(C)(C)c1cc(C(C)(C)C)c2cc(N)ccc2n1. The monoisotopic (exact) mass is 256 g/mol. The zero-order valence-electron chi connectivity index (χ0n) is 12.8. The van der Waals surface area contributed by atoms with E-state index in [0.717, 1.165) is 16.9 Å². The molecular weight excluding hydrogens is 232 g/mol. The first-order chi connectivity index (χ1) is 8.59. The average molecular weight is 256 g/mol. The van der Waals surface area contributed by atoms with Crippen LogP contribution in [0.5, 0.6) is 0 Å². The van der Waals surface area contributed by atoms with Crippen molar-refractivity contribution in [3.05, 3.63) is 35.5 Å². The average Bonchev–Trinajstić information content (AvgIpc) is 2.24. The van der Waals surface area contributed by atoms with Gasteiger partial charge in [-0.25, -0.2) is 0 Å². The van der Waals surface area contributed by atoms with Crippen LogP contribution in [0.3, 0.4) is 0 Å². The molecule has 0 radical (unpaired) electrons. The van der Waals surface area contributed by atoms with Crippen molar-refractivity contribution in [2.45, 2.75) is 52.4 Å². The third-order valence-electron chi connectivity index (χ3n) is 3.41. The van der Waals surface area contributed by atoms with Crippen molar-refractivity contribution >= 4 is 16.6 Å². The molecule has 0 aliphatic heterocycles. The molecule has 0 saturated carbocycles. The number of nitrogens with zero attached hydrogens (tertiary/aromatic N) is 1. The zero-order valence-corrected chi connectivity index (χ0v) is 12.8. The molecule has 0 amide bonds. The van der Waals surface area contributed by atoms with E-state index in [1.54, 1.807) is 0 Å². The molecule has 2 aromatic rings. The maximum absolute atomic E-state index is 5.93. The van der Waals surface area contributed by atoms with Gasteiger partial charge in [-0.15, -0.1) is 0 Å². The van der Waals surface area contributed by atoms with Gasteiger partial charge in [0.25, 0.3) is 0 Å². The van der Waals surface area contributed by atoms with E-state index in [-0.39, 0.29) is 10.8 Å².